The molecule has 1 aromatic heterocycles. The van der Waals surface area contributed by atoms with Crippen molar-refractivity contribution in [2.75, 3.05) is 32.1 Å². The molecule has 156 valence electrons. The van der Waals surface area contributed by atoms with E-state index in [2.05, 4.69) is 50.8 Å². The SMILES string of the molecule is CC(C)OC1CC2C(CC1F)NNC2c1cc(N2CC[C@H](N(C)C)C2)ncn1. The molecule has 6 atom stereocenters. The quantitative estimate of drug-likeness (QED) is 0.790. The Labute approximate surface area is 167 Å². The second-order valence-corrected chi connectivity index (χ2v) is 8.90. The predicted octanol–water partition coefficient (Wildman–Crippen LogP) is 1.68. The van der Waals surface area contributed by atoms with Crippen molar-refractivity contribution in [1.29, 1.82) is 0 Å². The Morgan fingerprint density at radius 2 is 2.07 bits per heavy atom. The summed E-state index contributed by atoms with van der Waals surface area (Å²) in [7, 11) is 4.26. The molecule has 3 aliphatic rings. The van der Waals surface area contributed by atoms with Gasteiger partial charge in [0.2, 0.25) is 0 Å². The van der Waals surface area contributed by atoms with Crippen molar-refractivity contribution in [1.82, 2.24) is 25.7 Å². The Hall–Kier alpha value is -1.35. The summed E-state index contributed by atoms with van der Waals surface area (Å²) in [5.74, 6) is 1.24. The number of nitrogens with one attached hydrogen (secondary N) is 2. The fraction of sp³-hybridized carbons (Fsp3) is 0.800. The van der Waals surface area contributed by atoms with Crippen LogP contribution in [-0.2, 0) is 4.74 Å². The summed E-state index contributed by atoms with van der Waals surface area (Å²) in [5.41, 5.74) is 7.63. The average Bonchev–Trinajstić information content (AvgIpc) is 3.29. The monoisotopic (exact) mass is 392 g/mol. The molecule has 2 aliphatic heterocycles. The number of aromatic nitrogens is 2. The summed E-state index contributed by atoms with van der Waals surface area (Å²) < 4.78 is 20.4. The summed E-state index contributed by atoms with van der Waals surface area (Å²) >= 11 is 0. The normalized spacial score (nSPS) is 35.8. The number of hydrogen-bond donors (Lipinski definition) is 2. The number of likely N-dealkylation sites (N-methyl/N-ethyl adjacent to an activating group) is 1. The largest absolute Gasteiger partial charge is 0.373 e. The van der Waals surface area contributed by atoms with Crippen molar-refractivity contribution in [2.45, 2.75) is 69.6 Å². The molecule has 7 nitrogen and oxygen atoms in total. The topological polar surface area (TPSA) is 65.6 Å². The van der Waals surface area contributed by atoms with Crippen molar-refractivity contribution in [2.24, 2.45) is 5.92 Å². The van der Waals surface area contributed by atoms with Crippen molar-refractivity contribution in [3.8, 4) is 0 Å². The molecule has 0 bridgehead atoms. The van der Waals surface area contributed by atoms with Gasteiger partial charge >= 0.3 is 0 Å². The zero-order valence-electron chi connectivity index (χ0n) is 17.3. The number of ether oxygens (including phenoxy) is 1. The van der Waals surface area contributed by atoms with Gasteiger partial charge in [0.05, 0.1) is 23.9 Å². The van der Waals surface area contributed by atoms with Gasteiger partial charge in [0.25, 0.3) is 0 Å². The molecule has 0 spiro atoms. The first-order valence-corrected chi connectivity index (χ1v) is 10.5. The van der Waals surface area contributed by atoms with Crippen LogP contribution in [0.15, 0.2) is 12.4 Å². The molecule has 2 N–H and O–H groups in total. The molecular weight excluding hydrogens is 359 g/mol. The van der Waals surface area contributed by atoms with E-state index in [1.54, 1.807) is 6.33 Å². The number of alkyl halides is 1. The summed E-state index contributed by atoms with van der Waals surface area (Å²) in [5, 5.41) is 0. The minimum atomic E-state index is -0.926. The van der Waals surface area contributed by atoms with E-state index < -0.39 is 6.17 Å². The summed E-state index contributed by atoms with van der Waals surface area (Å²) in [6, 6.07) is 2.81. The van der Waals surface area contributed by atoms with Crippen LogP contribution in [0.4, 0.5) is 10.2 Å². The van der Waals surface area contributed by atoms with Gasteiger partial charge in [0.1, 0.15) is 18.3 Å². The third-order valence-electron chi connectivity index (χ3n) is 6.41. The van der Waals surface area contributed by atoms with Crippen LogP contribution in [0.25, 0.3) is 0 Å². The molecule has 28 heavy (non-hydrogen) atoms. The molecule has 0 radical (unpaired) electrons. The molecule has 1 aliphatic carbocycles. The fourth-order valence-corrected chi connectivity index (χ4v) is 4.85. The Morgan fingerprint density at radius 1 is 1.25 bits per heavy atom. The van der Waals surface area contributed by atoms with E-state index in [-0.39, 0.29) is 30.2 Å². The van der Waals surface area contributed by atoms with Gasteiger partial charge in [-0.25, -0.2) is 19.8 Å². The van der Waals surface area contributed by atoms with E-state index in [4.69, 9.17) is 4.74 Å². The molecule has 0 aromatic carbocycles. The first-order valence-electron chi connectivity index (χ1n) is 10.5. The Bertz CT molecular complexity index is 674. The lowest BCUT2D eigenvalue weighted by Crippen LogP contribution is -2.44. The maximum absolute atomic E-state index is 14.5. The van der Waals surface area contributed by atoms with E-state index >= 15 is 0 Å². The molecule has 8 heteroatoms. The smallest absolute Gasteiger partial charge is 0.132 e. The molecule has 4 rings (SSSR count). The lowest BCUT2D eigenvalue weighted by molar-refractivity contribution is -0.0708. The highest BCUT2D eigenvalue weighted by Crippen LogP contribution is 2.40. The second-order valence-electron chi connectivity index (χ2n) is 8.90. The van der Waals surface area contributed by atoms with Gasteiger partial charge < -0.3 is 14.5 Å². The zero-order chi connectivity index (χ0) is 19.8. The van der Waals surface area contributed by atoms with Gasteiger partial charge in [-0.05, 0) is 47.2 Å². The van der Waals surface area contributed by atoms with Gasteiger partial charge in [-0.2, -0.15) is 0 Å². The third-order valence-corrected chi connectivity index (χ3v) is 6.41. The van der Waals surface area contributed by atoms with Crippen LogP contribution in [-0.4, -0.2) is 72.5 Å². The molecule has 3 fully saturated rings. The van der Waals surface area contributed by atoms with Crippen LogP contribution < -0.4 is 15.8 Å². The minimum absolute atomic E-state index is 0.0334. The summed E-state index contributed by atoms with van der Waals surface area (Å²) in [6.07, 6.45) is 2.74. The van der Waals surface area contributed by atoms with Crippen LogP contribution in [0.5, 0.6) is 0 Å². The lowest BCUT2D eigenvalue weighted by atomic mass is 9.78. The number of rotatable bonds is 5. The van der Waals surface area contributed by atoms with Crippen molar-refractivity contribution >= 4 is 5.82 Å². The first-order chi connectivity index (χ1) is 13.4. The van der Waals surface area contributed by atoms with Crippen LogP contribution in [0.2, 0.25) is 0 Å². The Kier molecular flexibility index (Phi) is 5.83. The second kappa shape index (κ2) is 8.18. The standard InChI is InChI=1S/C20H33FN6O/c1-12(2)28-18-7-14-16(8-15(18)21)24-25-20(14)17-9-19(23-11-22-17)27-6-5-13(10-27)26(3)4/h9,11-16,18,20,24-25H,5-8,10H2,1-4H3/t13-,14?,15?,16?,18?,20?/m0/s1. The maximum Gasteiger partial charge on any atom is 0.132 e. The molecule has 2 saturated heterocycles. The highest BCUT2D eigenvalue weighted by molar-refractivity contribution is 5.41. The van der Waals surface area contributed by atoms with Crippen LogP contribution in [0.3, 0.4) is 0 Å². The average molecular weight is 393 g/mol. The molecule has 5 unspecified atom stereocenters. The highest BCUT2D eigenvalue weighted by Gasteiger charge is 2.46. The van der Waals surface area contributed by atoms with Gasteiger partial charge in [-0.3, -0.25) is 5.43 Å². The van der Waals surface area contributed by atoms with Crippen LogP contribution in [0, 0.1) is 5.92 Å². The van der Waals surface area contributed by atoms with Gasteiger partial charge in [0.15, 0.2) is 0 Å². The van der Waals surface area contributed by atoms with E-state index in [1.807, 2.05) is 13.8 Å². The number of hydrazine groups is 1. The maximum atomic E-state index is 14.5. The number of nitrogens with zero attached hydrogens (tertiary/aromatic N) is 4. The first kappa shape index (κ1) is 19.9. The number of hydrogen-bond acceptors (Lipinski definition) is 7. The molecule has 1 saturated carbocycles. The van der Waals surface area contributed by atoms with Crippen molar-refractivity contribution < 1.29 is 9.13 Å². The van der Waals surface area contributed by atoms with Gasteiger partial charge in [-0.1, -0.05) is 0 Å². The van der Waals surface area contributed by atoms with Crippen molar-refractivity contribution in [3.63, 3.8) is 0 Å². The predicted molar refractivity (Wildman–Crippen MR) is 107 cm³/mol. The van der Waals surface area contributed by atoms with E-state index in [1.165, 1.54) is 0 Å². The van der Waals surface area contributed by atoms with Crippen LogP contribution >= 0.6 is 0 Å². The molecule has 0 amide bonds. The Morgan fingerprint density at radius 3 is 2.79 bits per heavy atom. The lowest BCUT2D eigenvalue weighted by Gasteiger charge is -2.36. The fourth-order valence-electron chi connectivity index (χ4n) is 4.85. The van der Waals surface area contributed by atoms with Crippen LogP contribution in [0.1, 0.15) is 44.8 Å². The Balaban J connectivity index is 1.49. The van der Waals surface area contributed by atoms with Gasteiger partial charge in [-0.15, -0.1) is 0 Å². The summed E-state index contributed by atoms with van der Waals surface area (Å²) in [6.45, 7) is 5.93. The van der Waals surface area contributed by atoms with E-state index in [0.717, 1.165) is 31.0 Å². The van der Waals surface area contributed by atoms with E-state index in [9.17, 15) is 4.39 Å². The zero-order valence-corrected chi connectivity index (χ0v) is 17.3. The molecule has 1 aromatic rings. The molecular formula is C20H33FN6O. The number of halogens is 1. The third kappa shape index (κ3) is 4.01. The highest BCUT2D eigenvalue weighted by atomic mass is 19.1. The van der Waals surface area contributed by atoms with E-state index in [0.29, 0.717) is 18.9 Å². The minimum Gasteiger partial charge on any atom is -0.373 e. The van der Waals surface area contributed by atoms with Gasteiger partial charge in [0, 0.05) is 37.2 Å². The van der Waals surface area contributed by atoms with Crippen molar-refractivity contribution in [3.05, 3.63) is 18.1 Å². The number of fused-ring (bicyclic) bond motifs is 1. The molecule has 3 heterocycles. The summed E-state index contributed by atoms with van der Waals surface area (Å²) in [4.78, 5) is 13.7. The number of anilines is 1.